The third kappa shape index (κ3) is 3.56. The summed E-state index contributed by atoms with van der Waals surface area (Å²) >= 11 is 0. The monoisotopic (exact) mass is 405 g/mol. The van der Waals surface area contributed by atoms with Crippen molar-refractivity contribution in [2.24, 2.45) is 46.3 Å². The Morgan fingerprint density at radius 2 is 1.86 bits per heavy atom. The summed E-state index contributed by atoms with van der Waals surface area (Å²) in [5.41, 5.74) is 0.738. The predicted octanol–water partition coefficient (Wildman–Crippen LogP) is 4.66. The van der Waals surface area contributed by atoms with Crippen LogP contribution in [-0.2, 0) is 4.79 Å². The Morgan fingerprint density at radius 3 is 2.59 bits per heavy atom. The van der Waals surface area contributed by atoms with Crippen molar-refractivity contribution in [3.8, 4) is 0 Å². The lowest BCUT2D eigenvalue weighted by molar-refractivity contribution is -0.170. The van der Waals surface area contributed by atoms with Crippen LogP contribution in [-0.4, -0.2) is 47.3 Å². The van der Waals surface area contributed by atoms with E-state index in [1.165, 1.54) is 38.6 Å². The topological polar surface area (TPSA) is 60.8 Å². The number of hydrogen-bond acceptors (Lipinski definition) is 3. The van der Waals surface area contributed by atoms with Crippen LogP contribution in [0.4, 0.5) is 0 Å². The minimum atomic E-state index is -0.667. The second kappa shape index (κ2) is 7.82. The number of aliphatic hydroxyl groups excluding tert-OH is 1. The van der Waals surface area contributed by atoms with Crippen molar-refractivity contribution in [1.29, 1.82) is 0 Å². The molecule has 4 fully saturated rings. The molecule has 2 unspecified atom stereocenters. The van der Waals surface area contributed by atoms with Gasteiger partial charge in [-0.1, -0.05) is 20.8 Å². The van der Waals surface area contributed by atoms with E-state index < -0.39 is 5.97 Å². The van der Waals surface area contributed by atoms with Crippen LogP contribution in [0.15, 0.2) is 0 Å². The third-order valence-corrected chi connectivity index (χ3v) is 10.5. The molecule has 29 heavy (non-hydrogen) atoms. The molecule has 0 bridgehead atoms. The maximum absolute atomic E-state index is 11.3. The average Bonchev–Trinajstić information content (AvgIpc) is 3.00. The van der Waals surface area contributed by atoms with Crippen LogP contribution in [0.25, 0.3) is 0 Å². The van der Waals surface area contributed by atoms with Gasteiger partial charge in [-0.2, -0.15) is 0 Å². The number of aliphatic carboxylic acids is 1. The second-order valence-electron chi connectivity index (χ2n) is 11.8. The van der Waals surface area contributed by atoms with Crippen LogP contribution < -0.4 is 0 Å². The Balaban J connectivity index is 1.51. The Kier molecular flexibility index (Phi) is 5.83. The molecule has 1 aliphatic heterocycles. The van der Waals surface area contributed by atoms with E-state index in [-0.39, 0.29) is 6.10 Å². The van der Waals surface area contributed by atoms with E-state index in [0.717, 1.165) is 25.8 Å². The zero-order valence-electron chi connectivity index (χ0n) is 19.1. The van der Waals surface area contributed by atoms with Gasteiger partial charge in [-0.05, 0) is 111 Å². The summed E-state index contributed by atoms with van der Waals surface area (Å²) in [6.07, 6.45) is 9.41. The number of fused-ring (bicyclic) bond motifs is 5. The van der Waals surface area contributed by atoms with E-state index in [9.17, 15) is 9.90 Å². The molecule has 4 nitrogen and oxygen atoms in total. The highest BCUT2D eigenvalue weighted by molar-refractivity contribution is 5.66. The van der Waals surface area contributed by atoms with Crippen LogP contribution in [0, 0.1) is 46.3 Å². The number of piperidine rings is 1. The SMILES string of the molecule is C[C@H](CCCC(=O)O)[C@H]1CC[C@H]2C3C(O)C[C@@H]4CN(C)CC[C@]4(C)[C@H]3CC[C@]12C. The summed E-state index contributed by atoms with van der Waals surface area (Å²) < 4.78 is 0. The van der Waals surface area contributed by atoms with Gasteiger partial charge in [0.2, 0.25) is 0 Å². The molecule has 0 aromatic carbocycles. The van der Waals surface area contributed by atoms with Gasteiger partial charge < -0.3 is 15.1 Å². The van der Waals surface area contributed by atoms with Gasteiger partial charge in [0, 0.05) is 13.0 Å². The Morgan fingerprint density at radius 1 is 1.14 bits per heavy atom. The first kappa shape index (κ1) is 21.6. The molecular weight excluding hydrogens is 362 g/mol. The highest BCUT2D eigenvalue weighted by atomic mass is 16.4. The van der Waals surface area contributed by atoms with Gasteiger partial charge in [-0.25, -0.2) is 0 Å². The fourth-order valence-electron chi connectivity index (χ4n) is 8.84. The number of likely N-dealkylation sites (tertiary alicyclic amines) is 1. The fraction of sp³-hybridized carbons (Fsp3) is 0.960. The van der Waals surface area contributed by atoms with Crippen molar-refractivity contribution in [3.63, 3.8) is 0 Å². The summed E-state index contributed by atoms with van der Waals surface area (Å²) in [7, 11) is 2.24. The maximum Gasteiger partial charge on any atom is 0.303 e. The molecule has 4 aliphatic rings. The number of nitrogens with zero attached hydrogens (tertiary/aromatic N) is 1. The first-order valence-corrected chi connectivity index (χ1v) is 12.2. The van der Waals surface area contributed by atoms with Gasteiger partial charge in [0.05, 0.1) is 6.10 Å². The lowest BCUT2D eigenvalue weighted by Crippen LogP contribution is -2.60. The Labute approximate surface area is 177 Å². The molecule has 0 amide bonds. The van der Waals surface area contributed by atoms with E-state index in [1.54, 1.807) is 0 Å². The lowest BCUT2D eigenvalue weighted by Gasteiger charge is -2.62. The smallest absolute Gasteiger partial charge is 0.303 e. The standard InChI is InChI=1S/C25H43NO3/c1-16(6-5-7-22(28)29)18-8-9-19-23-20(10-11-25(18,19)3)24(2)12-13-26(4)15-17(24)14-21(23)27/h16-21,23,27H,5-15H2,1-4H3,(H,28,29)/t16-,17-,18-,19+,20+,21?,23?,24+,25-/m1/s1. The quantitative estimate of drug-likeness (QED) is 0.698. The third-order valence-electron chi connectivity index (χ3n) is 10.5. The van der Waals surface area contributed by atoms with Gasteiger partial charge in [0.25, 0.3) is 0 Å². The average molecular weight is 406 g/mol. The molecule has 1 heterocycles. The van der Waals surface area contributed by atoms with Crippen molar-refractivity contribution in [2.75, 3.05) is 20.1 Å². The van der Waals surface area contributed by atoms with Gasteiger partial charge >= 0.3 is 5.97 Å². The van der Waals surface area contributed by atoms with Gasteiger partial charge in [-0.3, -0.25) is 4.79 Å². The van der Waals surface area contributed by atoms with Crippen molar-refractivity contribution < 1.29 is 15.0 Å². The van der Waals surface area contributed by atoms with Gasteiger partial charge in [0.1, 0.15) is 0 Å². The highest BCUT2D eigenvalue weighted by Crippen LogP contribution is 2.67. The second-order valence-corrected chi connectivity index (χ2v) is 11.8. The summed E-state index contributed by atoms with van der Waals surface area (Å²) in [4.78, 5) is 13.4. The molecule has 166 valence electrons. The van der Waals surface area contributed by atoms with Gasteiger partial charge in [-0.15, -0.1) is 0 Å². The molecule has 0 aromatic heterocycles. The van der Waals surface area contributed by atoms with Crippen molar-refractivity contribution >= 4 is 5.97 Å². The molecule has 0 spiro atoms. The molecule has 0 aromatic rings. The highest BCUT2D eigenvalue weighted by Gasteiger charge is 2.62. The summed E-state index contributed by atoms with van der Waals surface area (Å²) in [5, 5.41) is 20.3. The molecule has 2 N–H and O–H groups in total. The number of hydrogen-bond donors (Lipinski definition) is 2. The molecule has 3 aliphatic carbocycles. The number of aliphatic hydroxyl groups is 1. The van der Waals surface area contributed by atoms with Crippen LogP contribution in [0.5, 0.6) is 0 Å². The Bertz CT molecular complexity index is 623. The van der Waals surface area contributed by atoms with Crippen molar-refractivity contribution in [3.05, 3.63) is 0 Å². The van der Waals surface area contributed by atoms with Crippen LogP contribution in [0.1, 0.15) is 78.6 Å². The molecule has 9 atom stereocenters. The van der Waals surface area contributed by atoms with Crippen LogP contribution in [0.3, 0.4) is 0 Å². The van der Waals surface area contributed by atoms with Gasteiger partial charge in [0.15, 0.2) is 0 Å². The molecule has 4 rings (SSSR count). The maximum atomic E-state index is 11.3. The molecule has 0 radical (unpaired) electrons. The summed E-state index contributed by atoms with van der Waals surface area (Å²) in [5.74, 6) is 3.08. The lowest BCUT2D eigenvalue weighted by atomic mass is 9.44. The summed E-state index contributed by atoms with van der Waals surface area (Å²) in [6.45, 7) is 9.80. The fourth-order valence-corrected chi connectivity index (χ4v) is 8.84. The normalized spacial score (nSPS) is 48.4. The number of carboxylic acids is 1. The van der Waals surface area contributed by atoms with Crippen LogP contribution in [0.2, 0.25) is 0 Å². The van der Waals surface area contributed by atoms with E-state index in [4.69, 9.17) is 5.11 Å². The zero-order valence-corrected chi connectivity index (χ0v) is 19.1. The molecule has 4 heteroatoms. The van der Waals surface area contributed by atoms with E-state index in [1.807, 2.05) is 0 Å². The largest absolute Gasteiger partial charge is 0.481 e. The summed E-state index contributed by atoms with van der Waals surface area (Å²) in [6, 6.07) is 0. The number of rotatable bonds is 5. The van der Waals surface area contributed by atoms with Crippen LogP contribution >= 0.6 is 0 Å². The molecular formula is C25H43NO3. The minimum Gasteiger partial charge on any atom is -0.481 e. The van der Waals surface area contributed by atoms with Crippen molar-refractivity contribution in [2.45, 2.75) is 84.7 Å². The van der Waals surface area contributed by atoms with E-state index in [2.05, 4.69) is 32.7 Å². The Hall–Kier alpha value is -0.610. The van der Waals surface area contributed by atoms with E-state index >= 15 is 0 Å². The predicted molar refractivity (Wildman–Crippen MR) is 116 cm³/mol. The molecule has 3 saturated carbocycles. The first-order chi connectivity index (χ1) is 13.7. The van der Waals surface area contributed by atoms with E-state index in [0.29, 0.717) is 52.8 Å². The zero-order chi connectivity index (χ0) is 21.0. The van der Waals surface area contributed by atoms with Crippen molar-refractivity contribution in [1.82, 2.24) is 4.90 Å². The molecule has 1 saturated heterocycles. The first-order valence-electron chi connectivity index (χ1n) is 12.2. The number of carboxylic acid groups (broad SMARTS) is 1. The number of carbonyl (C=O) groups is 1. The minimum absolute atomic E-state index is 0.129.